The van der Waals surface area contributed by atoms with Crippen LogP contribution in [0.1, 0.15) is 26.7 Å². The van der Waals surface area contributed by atoms with Gasteiger partial charge in [0.15, 0.2) is 6.61 Å². The molecule has 1 aromatic carbocycles. The third-order valence-electron chi connectivity index (χ3n) is 3.53. The molecule has 0 aliphatic carbocycles. The van der Waals surface area contributed by atoms with Crippen LogP contribution in [0.5, 0.6) is 11.5 Å². The Kier molecular flexibility index (Phi) is 9.07. The van der Waals surface area contributed by atoms with E-state index in [4.69, 9.17) is 9.47 Å². The smallest absolute Gasteiger partial charge is 0.257 e. The second-order valence-electron chi connectivity index (χ2n) is 5.05. The minimum absolute atomic E-state index is 0.0310. The first kappa shape index (κ1) is 18.3. The summed E-state index contributed by atoms with van der Waals surface area (Å²) < 4.78 is 10.5. The first-order valence-electron chi connectivity index (χ1n) is 7.95. The van der Waals surface area contributed by atoms with E-state index in [0.717, 1.165) is 32.5 Å². The lowest BCUT2D eigenvalue weighted by molar-refractivity contribution is -0.123. The molecule has 0 fully saturated rings. The van der Waals surface area contributed by atoms with Crippen LogP contribution in [0.25, 0.3) is 0 Å². The van der Waals surface area contributed by atoms with Gasteiger partial charge < -0.3 is 19.7 Å². The number of unbranched alkanes of at least 4 members (excludes halogenated alkanes) is 1. The Hall–Kier alpha value is -1.75. The maximum Gasteiger partial charge on any atom is 0.257 e. The second-order valence-corrected chi connectivity index (χ2v) is 5.05. The third-order valence-corrected chi connectivity index (χ3v) is 3.53. The highest BCUT2D eigenvalue weighted by Gasteiger charge is 2.03. The number of benzene rings is 1. The van der Waals surface area contributed by atoms with Gasteiger partial charge in [0, 0.05) is 12.6 Å². The summed E-state index contributed by atoms with van der Waals surface area (Å²) in [5.41, 5.74) is 0. The van der Waals surface area contributed by atoms with Crippen LogP contribution >= 0.6 is 0 Å². The summed E-state index contributed by atoms with van der Waals surface area (Å²) in [7, 11) is 1.60. The highest BCUT2D eigenvalue weighted by Crippen LogP contribution is 2.18. The highest BCUT2D eigenvalue weighted by atomic mass is 16.5. The zero-order valence-corrected chi connectivity index (χ0v) is 13.9. The van der Waals surface area contributed by atoms with Gasteiger partial charge in [0.25, 0.3) is 5.91 Å². The molecule has 0 saturated heterocycles. The molecule has 0 saturated carbocycles. The largest absolute Gasteiger partial charge is 0.497 e. The summed E-state index contributed by atoms with van der Waals surface area (Å²) in [6.07, 6.45) is 2.08. The summed E-state index contributed by atoms with van der Waals surface area (Å²) in [4.78, 5) is 14.1. The van der Waals surface area contributed by atoms with Gasteiger partial charge in [-0.3, -0.25) is 4.79 Å². The van der Waals surface area contributed by atoms with Crippen molar-refractivity contribution in [1.29, 1.82) is 0 Å². The SMILES string of the molecule is CCN(CC)CCCCNC(=O)COc1cccc(OC)c1. The fraction of sp³-hybridized carbons (Fsp3) is 0.588. The minimum Gasteiger partial charge on any atom is -0.497 e. The fourth-order valence-electron chi connectivity index (χ4n) is 2.12. The summed E-state index contributed by atoms with van der Waals surface area (Å²) >= 11 is 0. The average molecular weight is 308 g/mol. The molecule has 0 aliphatic rings. The quantitative estimate of drug-likeness (QED) is 0.637. The summed E-state index contributed by atoms with van der Waals surface area (Å²) in [6.45, 7) is 8.31. The molecule has 124 valence electrons. The van der Waals surface area contributed by atoms with E-state index in [9.17, 15) is 4.79 Å². The summed E-state index contributed by atoms with van der Waals surface area (Å²) in [5, 5.41) is 2.88. The van der Waals surface area contributed by atoms with Crippen molar-refractivity contribution in [3.63, 3.8) is 0 Å². The van der Waals surface area contributed by atoms with Crippen LogP contribution in [0.4, 0.5) is 0 Å². The van der Waals surface area contributed by atoms with Crippen molar-refractivity contribution in [2.24, 2.45) is 0 Å². The Morgan fingerprint density at radius 3 is 2.59 bits per heavy atom. The number of hydrogen-bond donors (Lipinski definition) is 1. The monoisotopic (exact) mass is 308 g/mol. The van der Waals surface area contributed by atoms with Crippen molar-refractivity contribution >= 4 is 5.91 Å². The van der Waals surface area contributed by atoms with Crippen LogP contribution in [-0.4, -0.2) is 50.7 Å². The number of amides is 1. The number of carbonyl (C=O) groups excluding carboxylic acids is 1. The molecule has 1 amide bonds. The molecule has 0 aromatic heterocycles. The Labute approximate surface area is 133 Å². The van der Waals surface area contributed by atoms with Crippen LogP contribution in [0.15, 0.2) is 24.3 Å². The molecule has 0 atom stereocenters. The van der Waals surface area contributed by atoms with Crippen molar-refractivity contribution in [3.8, 4) is 11.5 Å². The lowest BCUT2D eigenvalue weighted by Crippen LogP contribution is -2.30. The van der Waals surface area contributed by atoms with Crippen LogP contribution in [0, 0.1) is 0 Å². The van der Waals surface area contributed by atoms with E-state index in [2.05, 4.69) is 24.1 Å². The van der Waals surface area contributed by atoms with Gasteiger partial charge in [-0.25, -0.2) is 0 Å². The van der Waals surface area contributed by atoms with Crippen LogP contribution in [0.2, 0.25) is 0 Å². The van der Waals surface area contributed by atoms with E-state index >= 15 is 0 Å². The van der Waals surface area contributed by atoms with Gasteiger partial charge in [-0.2, -0.15) is 0 Å². The molecule has 1 N–H and O–H groups in total. The Morgan fingerprint density at radius 1 is 1.18 bits per heavy atom. The van der Waals surface area contributed by atoms with Gasteiger partial charge in [0.05, 0.1) is 7.11 Å². The minimum atomic E-state index is -0.0920. The van der Waals surface area contributed by atoms with Crippen molar-refractivity contribution in [1.82, 2.24) is 10.2 Å². The number of methoxy groups -OCH3 is 1. The molecule has 1 rings (SSSR count). The molecule has 1 aromatic rings. The number of carbonyl (C=O) groups is 1. The van der Waals surface area contributed by atoms with Gasteiger partial charge in [0.2, 0.25) is 0 Å². The van der Waals surface area contributed by atoms with Gasteiger partial charge >= 0.3 is 0 Å². The lowest BCUT2D eigenvalue weighted by atomic mass is 10.3. The molecular formula is C17H28N2O3. The molecule has 5 nitrogen and oxygen atoms in total. The Balaban J connectivity index is 2.13. The third kappa shape index (κ3) is 7.31. The molecule has 0 aliphatic heterocycles. The molecular weight excluding hydrogens is 280 g/mol. The first-order valence-corrected chi connectivity index (χ1v) is 7.95. The molecule has 0 heterocycles. The van der Waals surface area contributed by atoms with E-state index in [0.29, 0.717) is 18.0 Å². The molecule has 0 unspecified atom stereocenters. The lowest BCUT2D eigenvalue weighted by Gasteiger charge is -2.17. The van der Waals surface area contributed by atoms with Crippen molar-refractivity contribution in [3.05, 3.63) is 24.3 Å². The van der Waals surface area contributed by atoms with Gasteiger partial charge in [0.1, 0.15) is 11.5 Å². The normalized spacial score (nSPS) is 10.5. The average Bonchev–Trinajstić information content (AvgIpc) is 2.56. The fourth-order valence-corrected chi connectivity index (χ4v) is 2.12. The van der Waals surface area contributed by atoms with Crippen LogP contribution < -0.4 is 14.8 Å². The predicted molar refractivity (Wildman–Crippen MR) is 88.5 cm³/mol. The Morgan fingerprint density at radius 2 is 1.91 bits per heavy atom. The van der Waals surface area contributed by atoms with Gasteiger partial charge in [-0.05, 0) is 44.6 Å². The second kappa shape index (κ2) is 10.9. The zero-order valence-electron chi connectivity index (χ0n) is 13.9. The van der Waals surface area contributed by atoms with Crippen molar-refractivity contribution in [2.45, 2.75) is 26.7 Å². The number of ether oxygens (including phenoxy) is 2. The van der Waals surface area contributed by atoms with E-state index in [1.807, 2.05) is 12.1 Å². The number of nitrogens with zero attached hydrogens (tertiary/aromatic N) is 1. The van der Waals surface area contributed by atoms with Gasteiger partial charge in [-0.1, -0.05) is 19.9 Å². The number of rotatable bonds is 11. The van der Waals surface area contributed by atoms with E-state index < -0.39 is 0 Å². The van der Waals surface area contributed by atoms with Gasteiger partial charge in [-0.15, -0.1) is 0 Å². The number of nitrogens with one attached hydrogen (secondary N) is 1. The number of hydrogen-bond acceptors (Lipinski definition) is 4. The topological polar surface area (TPSA) is 50.8 Å². The summed E-state index contributed by atoms with van der Waals surface area (Å²) in [5.74, 6) is 1.26. The maximum absolute atomic E-state index is 11.7. The maximum atomic E-state index is 11.7. The van der Waals surface area contributed by atoms with E-state index in [1.54, 1.807) is 19.2 Å². The van der Waals surface area contributed by atoms with E-state index in [-0.39, 0.29) is 12.5 Å². The van der Waals surface area contributed by atoms with Crippen LogP contribution in [-0.2, 0) is 4.79 Å². The molecule has 0 bridgehead atoms. The first-order chi connectivity index (χ1) is 10.7. The Bertz CT molecular complexity index is 434. The summed E-state index contributed by atoms with van der Waals surface area (Å²) in [6, 6.07) is 7.24. The van der Waals surface area contributed by atoms with Crippen molar-refractivity contribution < 1.29 is 14.3 Å². The molecule has 0 radical (unpaired) electrons. The van der Waals surface area contributed by atoms with E-state index in [1.165, 1.54) is 0 Å². The standard InChI is InChI=1S/C17H28N2O3/c1-4-19(5-2)12-7-6-11-18-17(20)14-22-16-10-8-9-15(13-16)21-3/h8-10,13H,4-7,11-12,14H2,1-3H3,(H,18,20). The van der Waals surface area contributed by atoms with Crippen LogP contribution in [0.3, 0.4) is 0 Å². The molecule has 0 spiro atoms. The zero-order chi connectivity index (χ0) is 16.2. The predicted octanol–water partition coefficient (Wildman–Crippen LogP) is 2.31. The molecule has 22 heavy (non-hydrogen) atoms. The van der Waals surface area contributed by atoms with Crippen molar-refractivity contribution in [2.75, 3.05) is 39.9 Å². The molecule has 5 heteroatoms. The highest BCUT2D eigenvalue weighted by molar-refractivity contribution is 5.77.